The summed E-state index contributed by atoms with van der Waals surface area (Å²) in [6.07, 6.45) is 17.0. The van der Waals surface area contributed by atoms with E-state index in [0.29, 0.717) is 18.2 Å². The van der Waals surface area contributed by atoms with E-state index in [0.717, 1.165) is 24.6 Å². The Morgan fingerprint density at radius 2 is 1.77 bits per heavy atom. The molecular weight excluding hydrogens is 272 g/mol. The molecule has 22 heavy (non-hydrogen) atoms. The van der Waals surface area contributed by atoms with Crippen molar-refractivity contribution in [2.45, 2.75) is 88.6 Å². The van der Waals surface area contributed by atoms with Crippen LogP contribution in [0.5, 0.6) is 0 Å². The topological polar surface area (TPSA) is 24.5 Å². The number of hydrogen-bond donors (Lipinski definition) is 1. The molecule has 3 nitrogen and oxygen atoms in total. The number of fused-ring (bicyclic) bond motifs is 5. The summed E-state index contributed by atoms with van der Waals surface area (Å²) in [7, 11) is 0. The van der Waals surface area contributed by atoms with E-state index in [9.17, 15) is 0 Å². The first kappa shape index (κ1) is 13.9. The van der Waals surface area contributed by atoms with Gasteiger partial charge in [-0.3, -0.25) is 0 Å². The van der Waals surface area contributed by atoms with Gasteiger partial charge in [0.15, 0.2) is 0 Å². The lowest BCUT2D eigenvalue weighted by molar-refractivity contribution is -0.0248. The monoisotopic (exact) mass is 302 g/mol. The molecule has 2 saturated heterocycles. The molecule has 4 fully saturated rings. The molecular formula is C19H30N2O. The predicted molar refractivity (Wildman–Crippen MR) is 87.3 cm³/mol. The van der Waals surface area contributed by atoms with Crippen molar-refractivity contribution in [2.24, 2.45) is 11.8 Å². The van der Waals surface area contributed by atoms with Crippen LogP contribution in [0, 0.1) is 11.8 Å². The normalized spacial score (nSPS) is 44.6. The molecule has 0 amide bonds. The highest BCUT2D eigenvalue weighted by Gasteiger charge is 2.54. The van der Waals surface area contributed by atoms with Crippen molar-refractivity contribution >= 4 is 0 Å². The summed E-state index contributed by atoms with van der Waals surface area (Å²) < 4.78 is 6.20. The smallest absolute Gasteiger partial charge is 0.135 e. The van der Waals surface area contributed by atoms with Gasteiger partial charge < -0.3 is 15.0 Å². The van der Waals surface area contributed by atoms with E-state index in [2.05, 4.69) is 16.3 Å². The van der Waals surface area contributed by atoms with E-state index in [1.165, 1.54) is 64.2 Å². The van der Waals surface area contributed by atoms with Crippen molar-refractivity contribution in [3.63, 3.8) is 0 Å². The zero-order chi connectivity index (χ0) is 14.5. The van der Waals surface area contributed by atoms with E-state index in [1.807, 2.05) is 0 Å². The third-order valence-corrected chi connectivity index (χ3v) is 6.97. The van der Waals surface area contributed by atoms with Crippen molar-refractivity contribution in [2.75, 3.05) is 6.61 Å². The highest BCUT2D eigenvalue weighted by atomic mass is 16.5. The molecule has 1 N–H and O–H groups in total. The molecule has 0 aromatic carbocycles. The fraction of sp³-hybridized carbons (Fsp3) is 0.895. The SMILES string of the molecule is C1=C2[C@H](NC3CCCCC3)[C@@H]3CCO[C@@H]3N2C2CCCCC12. The Morgan fingerprint density at radius 1 is 0.955 bits per heavy atom. The van der Waals surface area contributed by atoms with Gasteiger partial charge in [-0.15, -0.1) is 0 Å². The Bertz CT molecular complexity index is 456. The fourth-order valence-electron chi connectivity index (χ4n) is 5.94. The predicted octanol–water partition coefficient (Wildman–Crippen LogP) is 3.41. The molecule has 0 aromatic rings. The van der Waals surface area contributed by atoms with Crippen LogP contribution in [0.4, 0.5) is 0 Å². The van der Waals surface area contributed by atoms with Gasteiger partial charge in [-0.05, 0) is 38.0 Å². The van der Waals surface area contributed by atoms with E-state index in [4.69, 9.17) is 4.74 Å². The van der Waals surface area contributed by atoms with Crippen LogP contribution in [0.15, 0.2) is 11.8 Å². The molecule has 0 spiro atoms. The number of ether oxygens (including phenoxy) is 1. The van der Waals surface area contributed by atoms with Gasteiger partial charge in [0.25, 0.3) is 0 Å². The highest BCUT2D eigenvalue weighted by molar-refractivity contribution is 5.29. The van der Waals surface area contributed by atoms with E-state index in [-0.39, 0.29) is 0 Å². The molecule has 2 saturated carbocycles. The second-order valence-electron chi connectivity index (χ2n) is 8.21. The first-order valence-corrected chi connectivity index (χ1v) is 9.79. The van der Waals surface area contributed by atoms with Crippen molar-refractivity contribution < 1.29 is 4.74 Å². The first-order chi connectivity index (χ1) is 10.9. The Balaban J connectivity index is 1.40. The minimum atomic E-state index is 0.389. The van der Waals surface area contributed by atoms with Crippen molar-refractivity contribution in [3.05, 3.63) is 11.8 Å². The number of nitrogens with zero attached hydrogens (tertiary/aromatic N) is 1. The van der Waals surface area contributed by atoms with Crippen molar-refractivity contribution in [3.8, 4) is 0 Å². The molecule has 2 unspecified atom stereocenters. The van der Waals surface area contributed by atoms with Crippen LogP contribution in [0.2, 0.25) is 0 Å². The molecule has 122 valence electrons. The largest absolute Gasteiger partial charge is 0.358 e. The highest BCUT2D eigenvalue weighted by Crippen LogP contribution is 2.50. The van der Waals surface area contributed by atoms with E-state index < -0.39 is 0 Å². The average molecular weight is 302 g/mol. The Hall–Kier alpha value is -0.540. The van der Waals surface area contributed by atoms with E-state index in [1.54, 1.807) is 5.70 Å². The zero-order valence-corrected chi connectivity index (χ0v) is 13.7. The molecule has 0 aromatic heterocycles. The average Bonchev–Trinajstić information content (AvgIpc) is 3.22. The summed E-state index contributed by atoms with van der Waals surface area (Å²) in [5, 5.41) is 4.08. The lowest BCUT2D eigenvalue weighted by Gasteiger charge is -2.36. The molecule has 0 bridgehead atoms. The summed E-state index contributed by atoms with van der Waals surface area (Å²) in [6, 6.07) is 2.09. The molecule has 5 aliphatic rings. The summed E-state index contributed by atoms with van der Waals surface area (Å²) >= 11 is 0. The summed E-state index contributed by atoms with van der Waals surface area (Å²) in [5.74, 6) is 1.51. The van der Waals surface area contributed by atoms with Gasteiger partial charge in [0.05, 0.1) is 6.04 Å². The maximum Gasteiger partial charge on any atom is 0.135 e. The Kier molecular flexibility index (Phi) is 3.48. The molecule has 0 radical (unpaired) electrons. The second kappa shape index (κ2) is 5.52. The maximum atomic E-state index is 6.20. The fourth-order valence-corrected chi connectivity index (χ4v) is 5.94. The van der Waals surface area contributed by atoms with Gasteiger partial charge in [-0.25, -0.2) is 0 Å². The Morgan fingerprint density at radius 3 is 2.68 bits per heavy atom. The quantitative estimate of drug-likeness (QED) is 0.846. The van der Waals surface area contributed by atoms with Gasteiger partial charge in [-0.2, -0.15) is 0 Å². The van der Waals surface area contributed by atoms with Gasteiger partial charge >= 0.3 is 0 Å². The molecule has 5 atom stereocenters. The molecule has 3 heterocycles. The van der Waals surface area contributed by atoms with E-state index >= 15 is 0 Å². The van der Waals surface area contributed by atoms with Crippen molar-refractivity contribution in [1.29, 1.82) is 0 Å². The zero-order valence-electron chi connectivity index (χ0n) is 13.7. The minimum Gasteiger partial charge on any atom is -0.358 e. The first-order valence-electron chi connectivity index (χ1n) is 9.79. The Labute approximate surface area is 134 Å². The van der Waals surface area contributed by atoms with Crippen LogP contribution in [-0.4, -0.2) is 35.9 Å². The van der Waals surface area contributed by atoms with Crippen LogP contribution in [0.3, 0.4) is 0 Å². The van der Waals surface area contributed by atoms with Gasteiger partial charge in [0.1, 0.15) is 6.23 Å². The summed E-state index contributed by atoms with van der Waals surface area (Å²) in [5.41, 5.74) is 1.62. The molecule has 3 aliphatic heterocycles. The van der Waals surface area contributed by atoms with Crippen LogP contribution < -0.4 is 5.32 Å². The summed E-state index contributed by atoms with van der Waals surface area (Å²) in [6.45, 7) is 0.972. The van der Waals surface area contributed by atoms with Crippen LogP contribution >= 0.6 is 0 Å². The standard InChI is InChI=1S/C19H30N2O/c1-2-7-14(8-3-1)20-18-15-10-11-22-19(15)21-16-9-5-4-6-13(16)12-17(18)21/h12-16,18-20H,1-11H2/t13?,15-,16?,18+,19-/m0/s1. The minimum absolute atomic E-state index is 0.389. The molecule has 3 heteroatoms. The number of nitrogens with one attached hydrogen (secondary N) is 1. The molecule has 5 rings (SSSR count). The third kappa shape index (κ3) is 2.08. The lowest BCUT2D eigenvalue weighted by Crippen LogP contribution is -2.43. The number of rotatable bonds is 2. The van der Waals surface area contributed by atoms with Crippen LogP contribution in [-0.2, 0) is 4.74 Å². The molecule has 2 aliphatic carbocycles. The maximum absolute atomic E-state index is 6.20. The lowest BCUT2D eigenvalue weighted by atomic mass is 9.84. The van der Waals surface area contributed by atoms with Gasteiger partial charge in [0, 0.05) is 30.3 Å². The summed E-state index contributed by atoms with van der Waals surface area (Å²) in [4.78, 5) is 2.72. The van der Waals surface area contributed by atoms with Crippen LogP contribution in [0.25, 0.3) is 0 Å². The second-order valence-corrected chi connectivity index (χ2v) is 8.21. The number of hydrogen-bond acceptors (Lipinski definition) is 3. The third-order valence-electron chi connectivity index (χ3n) is 6.97. The van der Waals surface area contributed by atoms with Crippen molar-refractivity contribution in [1.82, 2.24) is 10.2 Å². The van der Waals surface area contributed by atoms with Crippen LogP contribution in [0.1, 0.15) is 64.2 Å². The van der Waals surface area contributed by atoms with Gasteiger partial charge in [0.2, 0.25) is 0 Å². The van der Waals surface area contributed by atoms with Gasteiger partial charge in [-0.1, -0.05) is 38.2 Å².